The molecular formula is C24H20N4O6. The first-order chi connectivity index (χ1) is 16.5. The van der Waals surface area contributed by atoms with Crippen LogP contribution in [0.15, 0.2) is 77.9 Å². The number of carbonyl (C=O) groups is 2. The quantitative estimate of drug-likeness (QED) is 0.301. The Morgan fingerprint density at radius 1 is 1.03 bits per heavy atom. The van der Waals surface area contributed by atoms with E-state index in [2.05, 4.69) is 15.8 Å². The second kappa shape index (κ2) is 10.3. The van der Waals surface area contributed by atoms with Gasteiger partial charge in [-0.3, -0.25) is 19.7 Å². The fourth-order valence-electron chi connectivity index (χ4n) is 3.38. The Labute approximate surface area is 194 Å². The van der Waals surface area contributed by atoms with E-state index in [4.69, 9.17) is 9.47 Å². The van der Waals surface area contributed by atoms with Crippen molar-refractivity contribution in [2.24, 2.45) is 5.10 Å². The lowest BCUT2D eigenvalue weighted by Gasteiger charge is -2.18. The van der Waals surface area contributed by atoms with Gasteiger partial charge in [-0.25, -0.2) is 5.43 Å². The molecule has 0 spiro atoms. The predicted octanol–water partition coefficient (Wildman–Crippen LogP) is 3.34. The molecule has 2 amide bonds. The summed E-state index contributed by atoms with van der Waals surface area (Å²) in [4.78, 5) is 36.0. The summed E-state index contributed by atoms with van der Waals surface area (Å²) < 4.78 is 10.4. The fraction of sp³-hybridized carbons (Fsp3) is 0.125. The summed E-state index contributed by atoms with van der Waals surface area (Å²) >= 11 is 0. The van der Waals surface area contributed by atoms with Gasteiger partial charge in [-0.05, 0) is 23.8 Å². The van der Waals surface area contributed by atoms with Crippen LogP contribution < -0.4 is 20.2 Å². The van der Waals surface area contributed by atoms with Gasteiger partial charge in [0.1, 0.15) is 0 Å². The van der Waals surface area contributed by atoms with Crippen LogP contribution in [0.2, 0.25) is 0 Å². The Bertz CT molecular complexity index is 1230. The van der Waals surface area contributed by atoms with Crippen molar-refractivity contribution in [2.45, 2.75) is 12.5 Å². The van der Waals surface area contributed by atoms with Crippen LogP contribution in [0.3, 0.4) is 0 Å². The lowest BCUT2D eigenvalue weighted by molar-refractivity contribution is -0.385. The highest BCUT2D eigenvalue weighted by molar-refractivity contribution is 5.95. The van der Waals surface area contributed by atoms with E-state index in [0.717, 1.165) is 11.8 Å². The van der Waals surface area contributed by atoms with Gasteiger partial charge in [0.25, 0.3) is 11.6 Å². The van der Waals surface area contributed by atoms with Crippen molar-refractivity contribution in [3.05, 3.63) is 99.6 Å². The summed E-state index contributed by atoms with van der Waals surface area (Å²) in [5.41, 5.74) is 3.49. The third kappa shape index (κ3) is 5.36. The van der Waals surface area contributed by atoms with Crippen LogP contribution in [0, 0.1) is 10.1 Å². The van der Waals surface area contributed by atoms with Crippen molar-refractivity contribution in [1.82, 2.24) is 10.7 Å². The molecule has 1 heterocycles. The van der Waals surface area contributed by atoms with E-state index < -0.39 is 16.9 Å². The van der Waals surface area contributed by atoms with E-state index in [9.17, 15) is 19.7 Å². The minimum absolute atomic E-state index is 0.0284. The highest BCUT2D eigenvalue weighted by atomic mass is 16.7. The molecule has 0 aliphatic carbocycles. The minimum Gasteiger partial charge on any atom is -0.454 e. The molecular weight excluding hydrogens is 440 g/mol. The van der Waals surface area contributed by atoms with Crippen LogP contribution in [0.25, 0.3) is 0 Å². The summed E-state index contributed by atoms with van der Waals surface area (Å²) in [6.45, 7) is -0.0284. The number of hydrogen-bond acceptors (Lipinski definition) is 7. The van der Waals surface area contributed by atoms with Gasteiger partial charge in [0, 0.05) is 5.56 Å². The van der Waals surface area contributed by atoms with Gasteiger partial charge in [-0.1, -0.05) is 48.5 Å². The first kappa shape index (κ1) is 22.5. The number of nitrogens with one attached hydrogen (secondary N) is 2. The number of amides is 2. The van der Waals surface area contributed by atoms with E-state index in [1.54, 1.807) is 30.3 Å². The van der Waals surface area contributed by atoms with Crippen LogP contribution in [0.4, 0.5) is 5.69 Å². The van der Waals surface area contributed by atoms with Gasteiger partial charge in [-0.2, -0.15) is 5.10 Å². The maximum absolute atomic E-state index is 12.6. The number of nitro groups is 1. The zero-order valence-corrected chi connectivity index (χ0v) is 17.8. The molecule has 4 rings (SSSR count). The molecule has 0 bridgehead atoms. The maximum atomic E-state index is 12.6. The molecule has 0 radical (unpaired) electrons. The molecule has 1 aliphatic rings. The lowest BCUT2D eigenvalue weighted by Crippen LogP contribution is -2.32. The summed E-state index contributed by atoms with van der Waals surface area (Å²) in [7, 11) is 0. The Morgan fingerprint density at radius 2 is 1.68 bits per heavy atom. The normalized spacial score (nSPS) is 12.8. The largest absolute Gasteiger partial charge is 0.454 e. The van der Waals surface area contributed by atoms with Crippen molar-refractivity contribution in [2.75, 3.05) is 6.79 Å². The van der Waals surface area contributed by atoms with Gasteiger partial charge in [0.2, 0.25) is 12.7 Å². The molecule has 0 aromatic heterocycles. The standard InChI is InChI=1S/C24H20N4O6/c29-23(27-25-14-18-11-21-22(34-15-33-21)13-20(18)28(31)32)12-19(16-7-3-1-4-8-16)26-24(30)17-9-5-2-6-10-17/h1-11,13-14,19H,12,15H2,(H,26,30)(H,27,29)/b25-14-/t19-/m0/s1. The van der Waals surface area contributed by atoms with Crippen molar-refractivity contribution >= 4 is 23.7 Å². The third-order valence-electron chi connectivity index (χ3n) is 5.04. The minimum atomic E-state index is -0.607. The predicted molar refractivity (Wildman–Crippen MR) is 123 cm³/mol. The van der Waals surface area contributed by atoms with Crippen LogP contribution in [-0.2, 0) is 4.79 Å². The maximum Gasteiger partial charge on any atom is 0.282 e. The molecule has 34 heavy (non-hydrogen) atoms. The summed E-state index contributed by atoms with van der Waals surface area (Å²) in [5, 5.41) is 18.1. The Morgan fingerprint density at radius 3 is 2.35 bits per heavy atom. The summed E-state index contributed by atoms with van der Waals surface area (Å²) in [6.07, 6.45) is 1.07. The third-order valence-corrected chi connectivity index (χ3v) is 5.04. The number of nitro benzene ring substituents is 1. The second-order valence-electron chi connectivity index (χ2n) is 7.32. The number of rotatable bonds is 8. The van der Waals surface area contributed by atoms with Crippen molar-refractivity contribution in [3.63, 3.8) is 0 Å². The average Bonchev–Trinajstić information content (AvgIpc) is 3.31. The smallest absolute Gasteiger partial charge is 0.282 e. The molecule has 0 saturated heterocycles. The zero-order chi connectivity index (χ0) is 23.9. The monoisotopic (exact) mass is 460 g/mol. The zero-order valence-electron chi connectivity index (χ0n) is 17.8. The van der Waals surface area contributed by atoms with Gasteiger partial charge in [0.05, 0.1) is 35.2 Å². The van der Waals surface area contributed by atoms with Gasteiger partial charge in [0.15, 0.2) is 11.5 Å². The number of hydrogen-bond donors (Lipinski definition) is 2. The topological polar surface area (TPSA) is 132 Å². The fourth-order valence-corrected chi connectivity index (χ4v) is 3.38. The summed E-state index contributed by atoms with van der Waals surface area (Å²) in [5.74, 6) is -0.178. The highest BCUT2D eigenvalue weighted by Gasteiger charge is 2.23. The SMILES string of the molecule is O=C(C[C@H](NC(=O)c1ccccc1)c1ccccc1)N/N=C\c1cc2c(cc1[N+](=O)[O-])OCO2. The molecule has 0 unspecified atom stereocenters. The molecule has 0 saturated carbocycles. The Balaban J connectivity index is 1.46. The van der Waals surface area contributed by atoms with E-state index in [1.807, 2.05) is 30.3 Å². The van der Waals surface area contributed by atoms with E-state index in [0.29, 0.717) is 11.3 Å². The van der Waals surface area contributed by atoms with Gasteiger partial charge < -0.3 is 14.8 Å². The Kier molecular flexibility index (Phi) is 6.78. The van der Waals surface area contributed by atoms with E-state index >= 15 is 0 Å². The summed E-state index contributed by atoms with van der Waals surface area (Å²) in [6, 6.07) is 19.8. The number of carbonyl (C=O) groups excluding carboxylic acids is 2. The van der Waals surface area contributed by atoms with Gasteiger partial charge >= 0.3 is 0 Å². The molecule has 1 aliphatic heterocycles. The molecule has 2 N–H and O–H groups in total. The molecule has 10 nitrogen and oxygen atoms in total. The number of ether oxygens (including phenoxy) is 2. The van der Waals surface area contributed by atoms with Crippen LogP contribution >= 0.6 is 0 Å². The van der Waals surface area contributed by atoms with Crippen molar-refractivity contribution in [1.29, 1.82) is 0 Å². The van der Waals surface area contributed by atoms with Crippen molar-refractivity contribution in [3.8, 4) is 11.5 Å². The van der Waals surface area contributed by atoms with Crippen LogP contribution in [0.1, 0.15) is 33.9 Å². The number of benzene rings is 3. The first-order valence-corrected chi connectivity index (χ1v) is 10.3. The van der Waals surface area contributed by atoms with Crippen LogP contribution in [-0.4, -0.2) is 29.7 Å². The molecule has 10 heteroatoms. The van der Waals surface area contributed by atoms with E-state index in [1.165, 1.54) is 12.1 Å². The molecule has 3 aromatic carbocycles. The Hall–Kier alpha value is -4.73. The second-order valence-corrected chi connectivity index (χ2v) is 7.32. The average molecular weight is 460 g/mol. The molecule has 3 aromatic rings. The van der Waals surface area contributed by atoms with E-state index in [-0.39, 0.29) is 36.1 Å². The first-order valence-electron chi connectivity index (χ1n) is 10.3. The number of nitrogens with zero attached hydrogens (tertiary/aromatic N) is 2. The number of hydrazone groups is 1. The lowest BCUT2D eigenvalue weighted by atomic mass is 10.0. The number of fused-ring (bicyclic) bond motifs is 1. The van der Waals surface area contributed by atoms with Gasteiger partial charge in [-0.15, -0.1) is 0 Å². The molecule has 0 fully saturated rings. The molecule has 1 atom stereocenters. The highest BCUT2D eigenvalue weighted by Crippen LogP contribution is 2.37. The molecule has 172 valence electrons. The van der Waals surface area contributed by atoms with Crippen LogP contribution in [0.5, 0.6) is 11.5 Å². The van der Waals surface area contributed by atoms with Crippen molar-refractivity contribution < 1.29 is 24.0 Å².